The number of nitrogens with one attached hydrogen (secondary N) is 1. The molecule has 32 heavy (non-hydrogen) atoms. The zero-order valence-corrected chi connectivity index (χ0v) is 19.9. The molecule has 1 saturated heterocycles. The number of benzene rings is 2. The van der Waals surface area contributed by atoms with Crippen LogP contribution in [-0.4, -0.2) is 41.9 Å². The summed E-state index contributed by atoms with van der Waals surface area (Å²) in [6.07, 6.45) is 0.948. The van der Waals surface area contributed by atoms with Gasteiger partial charge in [-0.25, -0.2) is 12.7 Å². The number of piperidine rings is 1. The SMILES string of the molecule is Cc1ccc(CS(=O)(=O)N2CCC(C(=O)Nc3nnc(-c4ccc(Cl)cc4)s3)CC2)cc1. The highest BCUT2D eigenvalue weighted by Crippen LogP contribution is 2.29. The van der Waals surface area contributed by atoms with E-state index in [4.69, 9.17) is 11.6 Å². The van der Waals surface area contributed by atoms with Crippen LogP contribution in [0.5, 0.6) is 0 Å². The fourth-order valence-electron chi connectivity index (χ4n) is 3.57. The predicted molar refractivity (Wildman–Crippen MR) is 127 cm³/mol. The Balaban J connectivity index is 1.31. The summed E-state index contributed by atoms with van der Waals surface area (Å²) in [6.45, 7) is 2.63. The molecule has 2 heterocycles. The molecule has 0 saturated carbocycles. The van der Waals surface area contributed by atoms with Crippen LogP contribution in [0.1, 0.15) is 24.0 Å². The normalized spacial score (nSPS) is 15.6. The topological polar surface area (TPSA) is 92.3 Å². The molecule has 0 spiro atoms. The predicted octanol–water partition coefficient (Wildman–Crippen LogP) is 4.35. The van der Waals surface area contributed by atoms with Crippen LogP contribution in [0.2, 0.25) is 5.02 Å². The summed E-state index contributed by atoms with van der Waals surface area (Å²) in [6, 6.07) is 14.7. The van der Waals surface area contributed by atoms with E-state index in [0.29, 0.717) is 41.1 Å². The Morgan fingerprint density at radius 3 is 2.41 bits per heavy atom. The molecule has 1 amide bonds. The molecule has 0 atom stereocenters. The first-order valence-corrected chi connectivity index (χ1v) is 13.0. The van der Waals surface area contributed by atoms with Crippen LogP contribution in [0.25, 0.3) is 10.6 Å². The van der Waals surface area contributed by atoms with Crippen molar-refractivity contribution in [2.75, 3.05) is 18.4 Å². The van der Waals surface area contributed by atoms with E-state index in [2.05, 4.69) is 15.5 Å². The van der Waals surface area contributed by atoms with Crippen LogP contribution in [0, 0.1) is 12.8 Å². The monoisotopic (exact) mass is 490 g/mol. The maximum atomic E-state index is 12.8. The van der Waals surface area contributed by atoms with Gasteiger partial charge in [-0.05, 0) is 37.5 Å². The number of carbonyl (C=O) groups is 1. The first-order valence-electron chi connectivity index (χ1n) is 10.2. The number of rotatable bonds is 6. The van der Waals surface area contributed by atoms with E-state index in [1.807, 2.05) is 43.3 Å². The summed E-state index contributed by atoms with van der Waals surface area (Å²) >= 11 is 7.20. The fourth-order valence-corrected chi connectivity index (χ4v) is 6.01. The summed E-state index contributed by atoms with van der Waals surface area (Å²) < 4.78 is 27.0. The van der Waals surface area contributed by atoms with Gasteiger partial charge in [0.05, 0.1) is 5.75 Å². The lowest BCUT2D eigenvalue weighted by molar-refractivity contribution is -0.120. The first-order chi connectivity index (χ1) is 15.3. The van der Waals surface area contributed by atoms with Gasteiger partial charge in [-0.1, -0.05) is 64.9 Å². The molecule has 4 rings (SSSR count). The minimum atomic E-state index is -3.42. The smallest absolute Gasteiger partial charge is 0.229 e. The van der Waals surface area contributed by atoms with E-state index in [-0.39, 0.29) is 17.6 Å². The molecule has 0 radical (unpaired) electrons. The van der Waals surface area contributed by atoms with E-state index >= 15 is 0 Å². The Hall–Kier alpha value is -2.33. The van der Waals surface area contributed by atoms with E-state index in [1.165, 1.54) is 15.6 Å². The highest BCUT2D eigenvalue weighted by molar-refractivity contribution is 7.88. The van der Waals surface area contributed by atoms with Crippen molar-refractivity contribution in [2.45, 2.75) is 25.5 Å². The van der Waals surface area contributed by atoms with Crippen molar-refractivity contribution in [3.8, 4) is 10.6 Å². The van der Waals surface area contributed by atoms with Crippen molar-refractivity contribution < 1.29 is 13.2 Å². The van der Waals surface area contributed by atoms with Crippen LogP contribution in [0.3, 0.4) is 0 Å². The summed E-state index contributed by atoms with van der Waals surface area (Å²) in [5.41, 5.74) is 2.73. The third-order valence-electron chi connectivity index (χ3n) is 5.43. The molecule has 1 aliphatic rings. The average Bonchev–Trinajstić information content (AvgIpc) is 3.24. The molecule has 3 aromatic rings. The van der Waals surface area contributed by atoms with Crippen molar-refractivity contribution in [1.29, 1.82) is 0 Å². The van der Waals surface area contributed by atoms with E-state index < -0.39 is 10.0 Å². The molecular weight excluding hydrogens is 468 g/mol. The summed E-state index contributed by atoms with van der Waals surface area (Å²) in [7, 11) is -3.42. The standard InChI is InChI=1S/C22H23ClN4O3S2/c1-15-2-4-16(5-3-15)14-32(29,30)27-12-10-17(11-13-27)20(28)24-22-26-25-21(31-22)18-6-8-19(23)9-7-18/h2-9,17H,10-14H2,1H3,(H,24,26,28). The second kappa shape index (κ2) is 9.66. The molecule has 1 N–H and O–H groups in total. The number of aryl methyl sites for hydroxylation is 1. The molecule has 2 aromatic carbocycles. The molecule has 0 bridgehead atoms. The van der Waals surface area contributed by atoms with Crippen molar-refractivity contribution in [2.24, 2.45) is 5.92 Å². The largest absolute Gasteiger partial charge is 0.300 e. The second-order valence-corrected chi connectivity index (χ2v) is 11.2. The van der Waals surface area contributed by atoms with Gasteiger partial charge < -0.3 is 5.32 Å². The Bertz CT molecular complexity index is 1190. The number of hydrogen-bond acceptors (Lipinski definition) is 6. The maximum Gasteiger partial charge on any atom is 0.229 e. The maximum absolute atomic E-state index is 12.8. The van der Waals surface area contributed by atoms with Crippen molar-refractivity contribution in [3.63, 3.8) is 0 Å². The van der Waals surface area contributed by atoms with Gasteiger partial charge in [0.25, 0.3) is 0 Å². The lowest BCUT2D eigenvalue weighted by atomic mass is 9.97. The van der Waals surface area contributed by atoms with Gasteiger partial charge in [0.15, 0.2) is 0 Å². The molecule has 1 fully saturated rings. The average molecular weight is 491 g/mol. The fraction of sp³-hybridized carbons (Fsp3) is 0.318. The van der Waals surface area contributed by atoms with Gasteiger partial charge in [0.1, 0.15) is 5.01 Å². The minimum Gasteiger partial charge on any atom is -0.300 e. The highest BCUT2D eigenvalue weighted by Gasteiger charge is 2.31. The van der Waals surface area contributed by atoms with Crippen LogP contribution in [-0.2, 0) is 20.6 Å². The van der Waals surface area contributed by atoms with Gasteiger partial charge in [-0.15, -0.1) is 10.2 Å². The van der Waals surface area contributed by atoms with E-state index in [9.17, 15) is 13.2 Å². The Kier molecular flexibility index (Phi) is 6.90. The number of anilines is 1. The Morgan fingerprint density at radius 2 is 1.75 bits per heavy atom. The number of hydrogen-bond donors (Lipinski definition) is 1. The second-order valence-electron chi connectivity index (χ2n) is 7.82. The Morgan fingerprint density at radius 1 is 1.09 bits per heavy atom. The number of nitrogens with zero attached hydrogens (tertiary/aromatic N) is 3. The van der Waals surface area contributed by atoms with E-state index in [0.717, 1.165) is 16.7 Å². The van der Waals surface area contributed by atoms with Crippen LogP contribution >= 0.6 is 22.9 Å². The van der Waals surface area contributed by atoms with Crippen molar-refractivity contribution in [1.82, 2.24) is 14.5 Å². The lowest BCUT2D eigenvalue weighted by Gasteiger charge is -2.30. The zero-order chi connectivity index (χ0) is 22.7. The summed E-state index contributed by atoms with van der Waals surface area (Å²) in [5, 5.41) is 12.8. The summed E-state index contributed by atoms with van der Waals surface area (Å²) in [5.74, 6) is -0.439. The molecule has 7 nitrogen and oxygen atoms in total. The van der Waals surface area contributed by atoms with E-state index in [1.54, 1.807) is 12.1 Å². The van der Waals surface area contributed by atoms with Gasteiger partial charge in [-0.3, -0.25) is 4.79 Å². The minimum absolute atomic E-state index is 0.0254. The molecule has 168 valence electrons. The van der Waals surface area contributed by atoms with Gasteiger partial charge in [-0.2, -0.15) is 0 Å². The summed E-state index contributed by atoms with van der Waals surface area (Å²) in [4.78, 5) is 12.7. The quantitative estimate of drug-likeness (QED) is 0.554. The third-order valence-corrected chi connectivity index (χ3v) is 8.42. The number of aromatic nitrogens is 2. The van der Waals surface area contributed by atoms with Crippen LogP contribution in [0.15, 0.2) is 48.5 Å². The third kappa shape index (κ3) is 5.53. The number of amides is 1. The van der Waals surface area contributed by atoms with Crippen LogP contribution in [0.4, 0.5) is 5.13 Å². The molecule has 1 aromatic heterocycles. The molecule has 0 aliphatic carbocycles. The zero-order valence-electron chi connectivity index (χ0n) is 17.5. The number of carbonyl (C=O) groups excluding carboxylic acids is 1. The molecule has 0 unspecified atom stereocenters. The van der Waals surface area contributed by atoms with Gasteiger partial charge in [0, 0.05) is 29.6 Å². The van der Waals surface area contributed by atoms with Crippen molar-refractivity contribution >= 4 is 44.0 Å². The lowest BCUT2D eigenvalue weighted by Crippen LogP contribution is -2.41. The van der Waals surface area contributed by atoms with Gasteiger partial charge in [0.2, 0.25) is 21.1 Å². The number of sulfonamides is 1. The van der Waals surface area contributed by atoms with Crippen LogP contribution < -0.4 is 5.32 Å². The van der Waals surface area contributed by atoms with Gasteiger partial charge >= 0.3 is 0 Å². The first kappa shape index (κ1) is 22.8. The van der Waals surface area contributed by atoms with Crippen molar-refractivity contribution in [3.05, 3.63) is 64.7 Å². The molecule has 1 aliphatic heterocycles. The Labute approximate surface area is 196 Å². The molecular formula is C22H23ClN4O3S2. The highest BCUT2D eigenvalue weighted by atomic mass is 35.5. The molecule has 10 heteroatoms. The number of halogens is 1.